The fourth-order valence-electron chi connectivity index (χ4n) is 3.55. The summed E-state index contributed by atoms with van der Waals surface area (Å²) in [6.07, 6.45) is 2.33. The number of aryl methyl sites for hydroxylation is 2. The Morgan fingerprint density at radius 3 is 2.59 bits per heavy atom. The molecule has 0 radical (unpaired) electrons. The van der Waals surface area contributed by atoms with Crippen LogP contribution in [0.3, 0.4) is 0 Å². The van der Waals surface area contributed by atoms with Crippen LogP contribution in [0.15, 0.2) is 62.9 Å². The SMILES string of the molecule is Cc1cc2oc(=O)cc(CSc3nnc(C4CC4)n3-c3ccccc3)c2cc1C. The molecule has 2 aromatic carbocycles. The molecule has 1 aliphatic carbocycles. The van der Waals surface area contributed by atoms with E-state index < -0.39 is 0 Å². The molecule has 2 heterocycles. The standard InChI is InChI=1S/C23H21N3O2S/c1-14-10-19-17(12-21(27)28-20(19)11-15(14)2)13-29-23-25-24-22(16-8-9-16)26(23)18-6-4-3-5-7-18/h3-7,10-12,16H,8-9,13H2,1-2H3. The molecule has 6 heteroatoms. The fraction of sp³-hybridized carbons (Fsp3) is 0.261. The van der Waals surface area contributed by atoms with Gasteiger partial charge in [0.05, 0.1) is 0 Å². The maximum absolute atomic E-state index is 12.1. The summed E-state index contributed by atoms with van der Waals surface area (Å²) < 4.78 is 7.59. The van der Waals surface area contributed by atoms with E-state index in [4.69, 9.17) is 4.42 Å². The number of fused-ring (bicyclic) bond motifs is 1. The molecule has 0 amide bonds. The molecule has 5 rings (SSSR count). The normalized spacial score (nSPS) is 13.9. The average molecular weight is 404 g/mol. The Morgan fingerprint density at radius 2 is 1.83 bits per heavy atom. The topological polar surface area (TPSA) is 60.9 Å². The van der Waals surface area contributed by atoms with Crippen molar-refractivity contribution in [2.24, 2.45) is 0 Å². The second-order valence-electron chi connectivity index (χ2n) is 7.60. The third-order valence-corrected chi connectivity index (χ3v) is 6.39. The van der Waals surface area contributed by atoms with Gasteiger partial charge in [-0.25, -0.2) is 4.79 Å². The van der Waals surface area contributed by atoms with Gasteiger partial charge in [0.15, 0.2) is 5.16 Å². The zero-order valence-corrected chi connectivity index (χ0v) is 17.2. The van der Waals surface area contributed by atoms with Crippen LogP contribution in [-0.4, -0.2) is 14.8 Å². The van der Waals surface area contributed by atoms with Gasteiger partial charge in [-0.15, -0.1) is 10.2 Å². The smallest absolute Gasteiger partial charge is 0.336 e. The van der Waals surface area contributed by atoms with Gasteiger partial charge in [0.1, 0.15) is 11.4 Å². The molecule has 146 valence electrons. The highest BCUT2D eigenvalue weighted by Crippen LogP contribution is 2.41. The lowest BCUT2D eigenvalue weighted by atomic mass is 10.0. The van der Waals surface area contributed by atoms with Crippen molar-refractivity contribution in [2.75, 3.05) is 0 Å². The summed E-state index contributed by atoms with van der Waals surface area (Å²) in [6.45, 7) is 4.10. The molecule has 2 aromatic heterocycles. The first-order chi connectivity index (χ1) is 14.1. The van der Waals surface area contributed by atoms with Crippen LogP contribution in [0.1, 0.15) is 41.3 Å². The van der Waals surface area contributed by atoms with Gasteiger partial charge in [-0.2, -0.15) is 0 Å². The van der Waals surface area contributed by atoms with E-state index in [9.17, 15) is 4.79 Å². The van der Waals surface area contributed by atoms with Crippen LogP contribution in [0.4, 0.5) is 0 Å². The molecular weight excluding hydrogens is 382 g/mol. The number of hydrogen-bond acceptors (Lipinski definition) is 5. The molecule has 1 aliphatic rings. The average Bonchev–Trinajstić information content (AvgIpc) is 3.47. The second kappa shape index (κ2) is 7.19. The van der Waals surface area contributed by atoms with Crippen molar-refractivity contribution < 1.29 is 4.42 Å². The van der Waals surface area contributed by atoms with Gasteiger partial charge < -0.3 is 4.42 Å². The van der Waals surface area contributed by atoms with Gasteiger partial charge in [-0.05, 0) is 67.6 Å². The Morgan fingerprint density at radius 1 is 1.07 bits per heavy atom. The van der Waals surface area contributed by atoms with E-state index in [1.54, 1.807) is 17.8 Å². The van der Waals surface area contributed by atoms with E-state index in [1.165, 1.54) is 18.4 Å². The Kier molecular flexibility index (Phi) is 4.51. The van der Waals surface area contributed by atoms with E-state index in [0.717, 1.165) is 33.2 Å². The lowest BCUT2D eigenvalue weighted by Gasteiger charge is -2.11. The van der Waals surface area contributed by atoms with Gasteiger partial charge in [-0.1, -0.05) is 30.0 Å². The van der Waals surface area contributed by atoms with Crippen molar-refractivity contribution >= 4 is 22.7 Å². The lowest BCUT2D eigenvalue weighted by molar-refractivity contribution is 0.559. The van der Waals surface area contributed by atoms with E-state index in [2.05, 4.69) is 39.9 Å². The molecule has 0 bridgehead atoms. The van der Waals surface area contributed by atoms with Crippen LogP contribution in [0, 0.1) is 13.8 Å². The Bertz CT molecular complexity index is 1260. The first-order valence-electron chi connectivity index (χ1n) is 9.77. The van der Waals surface area contributed by atoms with Gasteiger partial charge >= 0.3 is 5.63 Å². The third kappa shape index (κ3) is 3.49. The Hall–Kier alpha value is -2.86. The van der Waals surface area contributed by atoms with Crippen molar-refractivity contribution in [3.8, 4) is 5.69 Å². The lowest BCUT2D eigenvalue weighted by Crippen LogP contribution is -2.03. The minimum absolute atomic E-state index is 0.320. The zero-order valence-electron chi connectivity index (χ0n) is 16.4. The summed E-state index contributed by atoms with van der Waals surface area (Å²) in [4.78, 5) is 12.1. The van der Waals surface area contributed by atoms with E-state index in [1.807, 2.05) is 31.2 Å². The number of thioether (sulfide) groups is 1. The van der Waals surface area contributed by atoms with Crippen molar-refractivity contribution in [2.45, 2.75) is 43.5 Å². The summed E-state index contributed by atoms with van der Waals surface area (Å²) in [6, 6.07) is 15.9. The minimum atomic E-state index is -0.320. The molecular formula is C23H21N3O2S. The predicted octanol–water partition coefficient (Wildman–Crippen LogP) is 5.16. The quantitative estimate of drug-likeness (QED) is 0.340. The highest BCUT2D eigenvalue weighted by Gasteiger charge is 2.31. The van der Waals surface area contributed by atoms with Crippen LogP contribution in [0.25, 0.3) is 16.7 Å². The van der Waals surface area contributed by atoms with E-state index >= 15 is 0 Å². The van der Waals surface area contributed by atoms with Crippen molar-refractivity contribution in [3.63, 3.8) is 0 Å². The van der Waals surface area contributed by atoms with Crippen LogP contribution in [0.2, 0.25) is 0 Å². The van der Waals surface area contributed by atoms with E-state index in [-0.39, 0.29) is 5.63 Å². The Labute approximate surface area is 172 Å². The fourth-order valence-corrected chi connectivity index (χ4v) is 4.50. The number of aromatic nitrogens is 3. The molecule has 1 fully saturated rings. The van der Waals surface area contributed by atoms with Crippen LogP contribution in [-0.2, 0) is 5.75 Å². The molecule has 0 saturated heterocycles. The summed E-state index contributed by atoms with van der Waals surface area (Å²) in [5, 5.41) is 10.8. The molecule has 0 atom stereocenters. The maximum atomic E-state index is 12.1. The number of nitrogens with zero attached hydrogens (tertiary/aromatic N) is 3. The zero-order chi connectivity index (χ0) is 20.0. The molecule has 0 unspecified atom stereocenters. The van der Waals surface area contributed by atoms with E-state index in [0.29, 0.717) is 17.3 Å². The molecule has 5 nitrogen and oxygen atoms in total. The van der Waals surface area contributed by atoms with Gasteiger partial charge in [0, 0.05) is 28.8 Å². The van der Waals surface area contributed by atoms with Crippen LogP contribution in [0.5, 0.6) is 0 Å². The Balaban J connectivity index is 1.53. The minimum Gasteiger partial charge on any atom is -0.423 e. The number of benzene rings is 2. The molecule has 0 spiro atoms. The largest absolute Gasteiger partial charge is 0.423 e. The maximum Gasteiger partial charge on any atom is 0.336 e. The monoisotopic (exact) mass is 403 g/mol. The number of hydrogen-bond donors (Lipinski definition) is 0. The number of para-hydroxylation sites is 1. The van der Waals surface area contributed by atoms with Gasteiger partial charge in [0.2, 0.25) is 0 Å². The second-order valence-corrected chi connectivity index (χ2v) is 8.54. The number of rotatable bonds is 5. The predicted molar refractivity (Wildman–Crippen MR) is 115 cm³/mol. The molecule has 0 aliphatic heterocycles. The summed E-state index contributed by atoms with van der Waals surface area (Å²) in [5.74, 6) is 2.15. The first-order valence-corrected chi connectivity index (χ1v) is 10.8. The molecule has 29 heavy (non-hydrogen) atoms. The van der Waals surface area contributed by atoms with Gasteiger partial charge in [0.25, 0.3) is 0 Å². The summed E-state index contributed by atoms with van der Waals surface area (Å²) >= 11 is 1.60. The van der Waals surface area contributed by atoms with Gasteiger partial charge in [-0.3, -0.25) is 4.57 Å². The third-order valence-electron chi connectivity index (χ3n) is 5.42. The highest BCUT2D eigenvalue weighted by molar-refractivity contribution is 7.98. The van der Waals surface area contributed by atoms with Crippen molar-refractivity contribution in [1.29, 1.82) is 0 Å². The summed E-state index contributed by atoms with van der Waals surface area (Å²) in [7, 11) is 0. The van der Waals surface area contributed by atoms with Crippen molar-refractivity contribution in [3.05, 3.63) is 81.5 Å². The highest BCUT2D eigenvalue weighted by atomic mass is 32.2. The molecule has 0 N–H and O–H groups in total. The van der Waals surface area contributed by atoms with Crippen LogP contribution >= 0.6 is 11.8 Å². The van der Waals surface area contributed by atoms with Crippen LogP contribution < -0.4 is 5.63 Å². The summed E-state index contributed by atoms with van der Waals surface area (Å²) in [5.41, 5.74) is 4.65. The van der Waals surface area contributed by atoms with Crippen molar-refractivity contribution in [1.82, 2.24) is 14.8 Å². The molecule has 4 aromatic rings. The molecule has 1 saturated carbocycles. The first kappa shape index (κ1) is 18.2.